The molecule has 1 fully saturated rings. The van der Waals surface area contributed by atoms with Crippen molar-refractivity contribution in [2.75, 3.05) is 0 Å². The summed E-state index contributed by atoms with van der Waals surface area (Å²) in [5.41, 5.74) is 1.05. The van der Waals surface area contributed by atoms with Crippen LogP contribution in [0.3, 0.4) is 0 Å². The van der Waals surface area contributed by atoms with Crippen molar-refractivity contribution in [3.8, 4) is 0 Å². The summed E-state index contributed by atoms with van der Waals surface area (Å²) in [6.45, 7) is 0. The molecule has 0 radical (unpaired) electrons. The van der Waals surface area contributed by atoms with Gasteiger partial charge in [-0.05, 0) is 25.0 Å². The zero-order valence-electron chi connectivity index (χ0n) is 7.69. The van der Waals surface area contributed by atoms with Crippen molar-refractivity contribution in [3.05, 3.63) is 30.1 Å². The molecule has 1 aromatic rings. The van der Waals surface area contributed by atoms with Crippen LogP contribution in [0.4, 0.5) is 0 Å². The van der Waals surface area contributed by atoms with Gasteiger partial charge in [-0.2, -0.15) is 0 Å². The molecule has 2 heteroatoms. The maximum atomic E-state index is 9.78. The van der Waals surface area contributed by atoms with Gasteiger partial charge in [-0.15, -0.1) is 0 Å². The highest BCUT2D eigenvalue weighted by Crippen LogP contribution is 2.31. The minimum Gasteiger partial charge on any atom is -0.392 e. The van der Waals surface area contributed by atoms with Crippen molar-refractivity contribution in [1.29, 1.82) is 0 Å². The molecular formula is C11H15NO. The number of rotatable bonds is 1. The summed E-state index contributed by atoms with van der Waals surface area (Å²) >= 11 is 0. The molecule has 2 rings (SSSR count). The van der Waals surface area contributed by atoms with Crippen molar-refractivity contribution in [3.63, 3.8) is 0 Å². The number of hydrogen-bond donors (Lipinski definition) is 1. The number of aliphatic hydroxyl groups excluding tert-OH is 1. The van der Waals surface area contributed by atoms with Crippen LogP contribution in [0.25, 0.3) is 0 Å². The summed E-state index contributed by atoms with van der Waals surface area (Å²) in [5.74, 6) is 0.273. The Labute approximate surface area is 78.6 Å². The Morgan fingerprint density at radius 3 is 2.77 bits per heavy atom. The highest BCUT2D eigenvalue weighted by molar-refractivity contribution is 5.11. The first-order valence-corrected chi connectivity index (χ1v) is 4.97. The number of nitrogens with zero attached hydrogens (tertiary/aromatic N) is 1. The fraction of sp³-hybridized carbons (Fsp3) is 0.545. The van der Waals surface area contributed by atoms with Crippen molar-refractivity contribution in [2.24, 2.45) is 0 Å². The summed E-state index contributed by atoms with van der Waals surface area (Å²) in [4.78, 5) is 4.29. The van der Waals surface area contributed by atoms with E-state index in [0.717, 1.165) is 25.0 Å². The van der Waals surface area contributed by atoms with Crippen LogP contribution in [0, 0.1) is 0 Å². The third-order valence-corrected chi connectivity index (χ3v) is 2.80. The minimum atomic E-state index is -0.177. The van der Waals surface area contributed by atoms with Crippen LogP contribution in [0.5, 0.6) is 0 Å². The number of hydrogen-bond acceptors (Lipinski definition) is 2. The Morgan fingerprint density at radius 2 is 2.08 bits per heavy atom. The maximum absolute atomic E-state index is 9.78. The van der Waals surface area contributed by atoms with E-state index in [4.69, 9.17) is 0 Å². The summed E-state index contributed by atoms with van der Waals surface area (Å²) in [5, 5.41) is 9.78. The number of aliphatic hydroxyl groups is 1. The lowest BCUT2D eigenvalue weighted by atomic mass is 9.84. The van der Waals surface area contributed by atoms with Gasteiger partial charge in [-0.25, -0.2) is 0 Å². The van der Waals surface area contributed by atoms with Crippen molar-refractivity contribution in [2.45, 2.75) is 37.7 Å². The molecule has 1 saturated carbocycles. The van der Waals surface area contributed by atoms with Gasteiger partial charge in [-0.1, -0.05) is 18.9 Å². The second-order valence-corrected chi connectivity index (χ2v) is 3.71. The van der Waals surface area contributed by atoms with Gasteiger partial charge in [0.25, 0.3) is 0 Å². The van der Waals surface area contributed by atoms with Crippen LogP contribution in [0.1, 0.15) is 37.3 Å². The standard InChI is InChI=1S/C11H15NO/c13-11-7-2-1-5-9(11)10-6-3-4-8-12-10/h3-4,6,8-9,11,13H,1-2,5,7H2/t9-,11+/m0/s1. The lowest BCUT2D eigenvalue weighted by molar-refractivity contribution is 0.104. The van der Waals surface area contributed by atoms with Gasteiger partial charge in [0, 0.05) is 17.8 Å². The molecule has 1 heterocycles. The normalized spacial score (nSPS) is 28.7. The first-order valence-electron chi connectivity index (χ1n) is 4.97. The van der Waals surface area contributed by atoms with E-state index in [9.17, 15) is 5.11 Å². The third-order valence-electron chi connectivity index (χ3n) is 2.80. The quantitative estimate of drug-likeness (QED) is 0.712. The Balaban J connectivity index is 2.15. The molecule has 0 saturated heterocycles. The fourth-order valence-corrected chi connectivity index (χ4v) is 2.05. The molecule has 2 atom stereocenters. The van der Waals surface area contributed by atoms with Gasteiger partial charge in [0.1, 0.15) is 0 Å². The fourth-order valence-electron chi connectivity index (χ4n) is 2.05. The molecule has 0 aliphatic heterocycles. The van der Waals surface area contributed by atoms with E-state index in [1.165, 1.54) is 6.42 Å². The molecule has 70 valence electrons. The first kappa shape index (κ1) is 8.70. The maximum Gasteiger partial charge on any atom is 0.0623 e. The average Bonchev–Trinajstić information content (AvgIpc) is 2.20. The van der Waals surface area contributed by atoms with Crippen molar-refractivity contribution >= 4 is 0 Å². The van der Waals surface area contributed by atoms with E-state index >= 15 is 0 Å². The van der Waals surface area contributed by atoms with Crippen molar-refractivity contribution < 1.29 is 5.11 Å². The van der Waals surface area contributed by atoms with E-state index in [1.807, 2.05) is 18.2 Å². The van der Waals surface area contributed by atoms with Crippen LogP contribution in [0.2, 0.25) is 0 Å². The molecule has 1 aliphatic rings. The first-order chi connectivity index (χ1) is 6.38. The van der Waals surface area contributed by atoms with E-state index < -0.39 is 0 Å². The zero-order chi connectivity index (χ0) is 9.10. The largest absolute Gasteiger partial charge is 0.392 e. The van der Waals surface area contributed by atoms with E-state index in [-0.39, 0.29) is 12.0 Å². The predicted octanol–water partition coefficient (Wildman–Crippen LogP) is 2.10. The lowest BCUT2D eigenvalue weighted by Crippen LogP contribution is -2.23. The molecule has 2 nitrogen and oxygen atoms in total. The van der Waals surface area contributed by atoms with Gasteiger partial charge in [0.05, 0.1) is 6.10 Å². The molecule has 1 aliphatic carbocycles. The smallest absolute Gasteiger partial charge is 0.0623 e. The van der Waals surface area contributed by atoms with E-state index in [0.29, 0.717) is 0 Å². The van der Waals surface area contributed by atoms with Gasteiger partial charge in [0.15, 0.2) is 0 Å². The van der Waals surface area contributed by atoms with E-state index in [2.05, 4.69) is 4.98 Å². The van der Waals surface area contributed by atoms with Crippen LogP contribution in [-0.2, 0) is 0 Å². The molecular weight excluding hydrogens is 162 g/mol. The SMILES string of the molecule is O[C@@H]1CCCC[C@H]1c1ccccn1. The predicted molar refractivity (Wildman–Crippen MR) is 51.5 cm³/mol. The van der Waals surface area contributed by atoms with E-state index in [1.54, 1.807) is 6.20 Å². The highest BCUT2D eigenvalue weighted by Gasteiger charge is 2.24. The van der Waals surface area contributed by atoms with Crippen molar-refractivity contribution in [1.82, 2.24) is 4.98 Å². The van der Waals surface area contributed by atoms with Gasteiger partial charge in [-0.3, -0.25) is 4.98 Å². The number of aromatic nitrogens is 1. The topological polar surface area (TPSA) is 33.1 Å². The summed E-state index contributed by atoms with van der Waals surface area (Å²) in [6, 6.07) is 5.92. The molecule has 13 heavy (non-hydrogen) atoms. The average molecular weight is 177 g/mol. The third kappa shape index (κ3) is 1.89. The molecule has 0 spiro atoms. The second-order valence-electron chi connectivity index (χ2n) is 3.71. The lowest BCUT2D eigenvalue weighted by Gasteiger charge is -2.26. The monoisotopic (exact) mass is 177 g/mol. The molecule has 0 bridgehead atoms. The second kappa shape index (κ2) is 3.88. The molecule has 0 unspecified atom stereocenters. The Hall–Kier alpha value is -0.890. The molecule has 0 aromatic carbocycles. The Kier molecular flexibility index (Phi) is 2.60. The van der Waals surface area contributed by atoms with Gasteiger partial charge < -0.3 is 5.11 Å². The highest BCUT2D eigenvalue weighted by atomic mass is 16.3. The number of pyridine rings is 1. The Morgan fingerprint density at radius 1 is 1.23 bits per heavy atom. The zero-order valence-corrected chi connectivity index (χ0v) is 7.69. The molecule has 1 aromatic heterocycles. The summed E-state index contributed by atoms with van der Waals surface area (Å²) < 4.78 is 0. The van der Waals surface area contributed by atoms with Crippen LogP contribution < -0.4 is 0 Å². The van der Waals surface area contributed by atoms with Crippen LogP contribution >= 0.6 is 0 Å². The molecule has 1 N–H and O–H groups in total. The summed E-state index contributed by atoms with van der Waals surface area (Å²) in [7, 11) is 0. The van der Waals surface area contributed by atoms with Gasteiger partial charge >= 0.3 is 0 Å². The molecule has 0 amide bonds. The summed E-state index contributed by atoms with van der Waals surface area (Å²) in [6.07, 6.45) is 6.02. The Bertz CT molecular complexity index is 260. The van der Waals surface area contributed by atoms with Crippen LogP contribution in [0.15, 0.2) is 24.4 Å². The minimum absolute atomic E-state index is 0.177. The van der Waals surface area contributed by atoms with Gasteiger partial charge in [0.2, 0.25) is 0 Å². The van der Waals surface area contributed by atoms with Crippen LogP contribution in [-0.4, -0.2) is 16.2 Å².